The molecule has 1 atom stereocenters. The number of rotatable bonds is 3. The van der Waals surface area contributed by atoms with Crippen molar-refractivity contribution < 1.29 is 19.1 Å². The van der Waals surface area contributed by atoms with Crippen molar-refractivity contribution in [1.82, 2.24) is 4.90 Å². The summed E-state index contributed by atoms with van der Waals surface area (Å²) < 4.78 is 11.8. The Balaban J connectivity index is 1.94. The lowest BCUT2D eigenvalue weighted by atomic mass is 9.89. The molecule has 2 aliphatic rings. The SMILES string of the molecule is COCCN1C(=O)CCc2cc3c(c(Br)c21)C(C)CN(C(=O)OC(C)(C)C)CC3. The van der Waals surface area contributed by atoms with Crippen LogP contribution in [0.1, 0.15) is 56.7 Å². The Morgan fingerprint density at radius 1 is 1.24 bits per heavy atom. The van der Waals surface area contributed by atoms with Crippen LogP contribution in [0.15, 0.2) is 10.5 Å². The second-order valence-corrected chi connectivity index (χ2v) is 9.68. The van der Waals surface area contributed by atoms with E-state index >= 15 is 0 Å². The number of nitrogens with zero attached hydrogens (tertiary/aromatic N) is 2. The van der Waals surface area contributed by atoms with Crippen LogP contribution >= 0.6 is 15.9 Å². The molecular weight excluding hydrogens is 436 g/mol. The Labute approximate surface area is 181 Å². The van der Waals surface area contributed by atoms with Gasteiger partial charge in [-0.1, -0.05) is 13.0 Å². The van der Waals surface area contributed by atoms with Crippen molar-refractivity contribution in [2.45, 2.75) is 58.5 Å². The summed E-state index contributed by atoms with van der Waals surface area (Å²) in [6.45, 7) is 10.0. The van der Waals surface area contributed by atoms with E-state index in [0.717, 1.165) is 23.0 Å². The summed E-state index contributed by atoms with van der Waals surface area (Å²) in [7, 11) is 1.65. The standard InChI is InChI=1S/C22H31BrN2O4/c1-14-13-24(21(27)29-22(2,3)4)9-8-15-12-16-6-7-17(26)25(10-11-28-5)20(16)19(23)18(14)15/h12,14H,6-11,13H2,1-5H3. The zero-order chi connectivity index (χ0) is 21.3. The molecule has 2 heterocycles. The topological polar surface area (TPSA) is 59.1 Å². The highest BCUT2D eigenvalue weighted by atomic mass is 79.9. The van der Waals surface area contributed by atoms with Gasteiger partial charge in [-0.15, -0.1) is 0 Å². The van der Waals surface area contributed by atoms with Gasteiger partial charge < -0.3 is 19.3 Å². The maximum absolute atomic E-state index is 12.6. The van der Waals surface area contributed by atoms with E-state index in [-0.39, 0.29) is 17.9 Å². The lowest BCUT2D eigenvalue weighted by Gasteiger charge is -2.33. The van der Waals surface area contributed by atoms with Gasteiger partial charge in [-0.25, -0.2) is 4.79 Å². The molecule has 1 aromatic rings. The van der Waals surface area contributed by atoms with Gasteiger partial charge in [-0.2, -0.15) is 0 Å². The zero-order valence-corrected chi connectivity index (χ0v) is 19.6. The molecule has 0 aliphatic carbocycles. The quantitative estimate of drug-likeness (QED) is 0.666. The Kier molecular flexibility index (Phi) is 6.58. The third kappa shape index (κ3) is 4.77. The van der Waals surface area contributed by atoms with Crippen molar-refractivity contribution in [3.05, 3.63) is 27.2 Å². The number of hydrogen-bond donors (Lipinski definition) is 0. The van der Waals surface area contributed by atoms with Crippen LogP contribution in [0, 0.1) is 0 Å². The van der Waals surface area contributed by atoms with Gasteiger partial charge in [0, 0.05) is 43.6 Å². The highest BCUT2D eigenvalue weighted by Crippen LogP contribution is 2.43. The van der Waals surface area contributed by atoms with Crippen molar-refractivity contribution in [3.63, 3.8) is 0 Å². The Morgan fingerprint density at radius 3 is 2.62 bits per heavy atom. The monoisotopic (exact) mass is 466 g/mol. The maximum atomic E-state index is 12.6. The summed E-state index contributed by atoms with van der Waals surface area (Å²) in [5.41, 5.74) is 4.07. The number of halogens is 1. The Hall–Kier alpha value is -1.60. The summed E-state index contributed by atoms with van der Waals surface area (Å²) in [5, 5.41) is 0. The van der Waals surface area contributed by atoms with Crippen LogP contribution in [-0.4, -0.2) is 55.9 Å². The summed E-state index contributed by atoms with van der Waals surface area (Å²) in [6.07, 6.45) is 1.77. The Morgan fingerprint density at radius 2 is 1.97 bits per heavy atom. The number of carbonyl (C=O) groups excluding carboxylic acids is 2. The average molecular weight is 467 g/mol. The van der Waals surface area contributed by atoms with E-state index in [1.54, 1.807) is 12.0 Å². The molecule has 160 valence electrons. The first-order valence-corrected chi connectivity index (χ1v) is 11.0. The van der Waals surface area contributed by atoms with Crippen molar-refractivity contribution in [2.24, 2.45) is 0 Å². The van der Waals surface area contributed by atoms with E-state index in [2.05, 4.69) is 28.9 Å². The fourth-order valence-electron chi connectivity index (χ4n) is 4.17. The number of hydrogen-bond acceptors (Lipinski definition) is 4. The van der Waals surface area contributed by atoms with Crippen LogP contribution in [-0.2, 0) is 27.1 Å². The molecule has 29 heavy (non-hydrogen) atoms. The summed E-state index contributed by atoms with van der Waals surface area (Å²) >= 11 is 3.82. The third-order valence-electron chi connectivity index (χ3n) is 5.43. The van der Waals surface area contributed by atoms with Gasteiger partial charge in [0.05, 0.1) is 12.3 Å². The molecule has 1 aromatic carbocycles. The normalized spacial score (nSPS) is 19.5. The molecule has 0 fully saturated rings. The fraction of sp³-hybridized carbons (Fsp3) is 0.636. The molecule has 2 amide bonds. The second kappa shape index (κ2) is 8.64. The van der Waals surface area contributed by atoms with Crippen molar-refractivity contribution >= 4 is 33.6 Å². The smallest absolute Gasteiger partial charge is 0.410 e. The van der Waals surface area contributed by atoms with Crippen LogP contribution in [0.4, 0.5) is 10.5 Å². The molecule has 1 unspecified atom stereocenters. The zero-order valence-electron chi connectivity index (χ0n) is 18.0. The predicted molar refractivity (Wildman–Crippen MR) is 117 cm³/mol. The largest absolute Gasteiger partial charge is 0.444 e. The molecule has 0 saturated heterocycles. The minimum atomic E-state index is -0.513. The maximum Gasteiger partial charge on any atom is 0.410 e. The van der Waals surface area contributed by atoms with E-state index in [1.807, 2.05) is 25.7 Å². The number of benzene rings is 1. The number of carbonyl (C=O) groups is 2. The number of aryl methyl sites for hydroxylation is 1. The summed E-state index contributed by atoms with van der Waals surface area (Å²) in [5.74, 6) is 0.257. The van der Waals surface area contributed by atoms with Gasteiger partial charge >= 0.3 is 6.09 Å². The molecule has 0 aromatic heterocycles. The van der Waals surface area contributed by atoms with Gasteiger partial charge in [0.2, 0.25) is 5.91 Å². The van der Waals surface area contributed by atoms with E-state index in [1.165, 1.54) is 16.7 Å². The molecule has 0 N–H and O–H groups in total. The van der Waals surface area contributed by atoms with Crippen LogP contribution in [0.3, 0.4) is 0 Å². The fourth-order valence-corrected chi connectivity index (χ4v) is 5.28. The number of anilines is 1. The first kappa shape index (κ1) is 22.1. The lowest BCUT2D eigenvalue weighted by Crippen LogP contribution is -2.39. The van der Waals surface area contributed by atoms with E-state index in [9.17, 15) is 9.59 Å². The van der Waals surface area contributed by atoms with Gasteiger partial charge in [0.1, 0.15) is 5.60 Å². The molecule has 0 saturated carbocycles. The molecule has 7 heteroatoms. The molecule has 3 rings (SSSR count). The van der Waals surface area contributed by atoms with Crippen LogP contribution in [0.5, 0.6) is 0 Å². The summed E-state index contributed by atoms with van der Waals surface area (Å²) in [4.78, 5) is 28.9. The second-order valence-electron chi connectivity index (χ2n) is 8.89. The van der Waals surface area contributed by atoms with Crippen LogP contribution in [0.2, 0.25) is 0 Å². The van der Waals surface area contributed by atoms with E-state index in [0.29, 0.717) is 32.7 Å². The minimum absolute atomic E-state index is 0.126. The highest BCUT2D eigenvalue weighted by molar-refractivity contribution is 9.10. The summed E-state index contributed by atoms with van der Waals surface area (Å²) in [6, 6.07) is 2.23. The van der Waals surface area contributed by atoms with Gasteiger partial charge in [0.25, 0.3) is 0 Å². The third-order valence-corrected chi connectivity index (χ3v) is 6.23. The van der Waals surface area contributed by atoms with E-state index < -0.39 is 5.60 Å². The lowest BCUT2D eigenvalue weighted by molar-refractivity contribution is -0.119. The number of ether oxygens (including phenoxy) is 2. The van der Waals surface area contributed by atoms with Crippen LogP contribution in [0.25, 0.3) is 0 Å². The van der Waals surface area contributed by atoms with E-state index in [4.69, 9.17) is 9.47 Å². The first-order valence-electron chi connectivity index (χ1n) is 10.2. The molecular formula is C22H31BrN2O4. The van der Waals surface area contributed by atoms with Gasteiger partial charge in [0.15, 0.2) is 0 Å². The first-order chi connectivity index (χ1) is 13.6. The predicted octanol–water partition coefficient (Wildman–Crippen LogP) is 4.27. The van der Waals surface area contributed by atoms with Crippen molar-refractivity contribution in [1.29, 1.82) is 0 Å². The molecule has 2 aliphatic heterocycles. The average Bonchev–Trinajstić information content (AvgIpc) is 2.79. The molecule has 6 nitrogen and oxygen atoms in total. The molecule has 0 radical (unpaired) electrons. The minimum Gasteiger partial charge on any atom is -0.444 e. The number of amides is 2. The van der Waals surface area contributed by atoms with Gasteiger partial charge in [-0.3, -0.25) is 4.79 Å². The highest BCUT2D eigenvalue weighted by Gasteiger charge is 2.33. The number of fused-ring (bicyclic) bond motifs is 2. The van der Waals surface area contributed by atoms with Crippen molar-refractivity contribution in [3.8, 4) is 0 Å². The van der Waals surface area contributed by atoms with Crippen LogP contribution < -0.4 is 4.90 Å². The Bertz CT molecular complexity index is 803. The van der Waals surface area contributed by atoms with Gasteiger partial charge in [-0.05, 0) is 66.2 Å². The number of methoxy groups -OCH3 is 1. The molecule has 0 bridgehead atoms. The van der Waals surface area contributed by atoms with Crippen molar-refractivity contribution in [2.75, 3.05) is 38.3 Å². The molecule has 0 spiro atoms.